The van der Waals surface area contributed by atoms with Crippen molar-refractivity contribution in [3.63, 3.8) is 0 Å². The Balaban J connectivity index is 1.97. The fraction of sp³-hybridized carbons (Fsp3) is 0. The average Bonchev–Trinajstić information content (AvgIpc) is 3.14. The van der Waals surface area contributed by atoms with E-state index in [0.29, 0.717) is 20.8 Å². The summed E-state index contributed by atoms with van der Waals surface area (Å²) in [6.45, 7) is 0. The van der Waals surface area contributed by atoms with E-state index in [-0.39, 0.29) is 16.3 Å². The van der Waals surface area contributed by atoms with Gasteiger partial charge in [-0.15, -0.1) is 0 Å². The van der Waals surface area contributed by atoms with E-state index >= 15 is 0 Å². The van der Waals surface area contributed by atoms with Crippen molar-refractivity contribution in [3.8, 4) is 17.4 Å². The quantitative estimate of drug-likeness (QED) is 0.259. The van der Waals surface area contributed by atoms with Gasteiger partial charge in [-0.25, -0.2) is 8.42 Å². The zero-order valence-corrected chi connectivity index (χ0v) is 17.5. The molecular weight excluding hydrogens is 484 g/mol. The van der Waals surface area contributed by atoms with Gasteiger partial charge in [-0.2, -0.15) is 5.26 Å². The summed E-state index contributed by atoms with van der Waals surface area (Å²) in [6, 6.07) is 14.4. The highest BCUT2D eigenvalue weighted by Gasteiger charge is 2.21. The number of nitro benzene ring substituents is 1. The molecule has 29 heavy (non-hydrogen) atoms. The van der Waals surface area contributed by atoms with Gasteiger partial charge in [0.25, 0.3) is 5.69 Å². The minimum absolute atomic E-state index is 0.0698. The van der Waals surface area contributed by atoms with Crippen LogP contribution in [0.4, 0.5) is 5.69 Å². The lowest BCUT2D eigenvalue weighted by atomic mass is 10.1. The van der Waals surface area contributed by atoms with E-state index in [1.54, 1.807) is 12.1 Å². The van der Waals surface area contributed by atoms with Crippen molar-refractivity contribution < 1.29 is 17.8 Å². The molecule has 0 unspecified atom stereocenters. The van der Waals surface area contributed by atoms with Gasteiger partial charge in [-0.3, -0.25) is 10.1 Å². The smallest absolute Gasteiger partial charge is 0.270 e. The average molecular weight is 494 g/mol. The molecule has 0 radical (unpaired) electrons. The normalized spacial score (nSPS) is 11.8. The number of nitro groups is 1. The van der Waals surface area contributed by atoms with Gasteiger partial charge in [0.2, 0.25) is 9.84 Å². The Morgan fingerprint density at radius 2 is 1.86 bits per heavy atom. The number of hydrogen-bond acceptors (Lipinski definition) is 6. The van der Waals surface area contributed by atoms with Crippen molar-refractivity contribution in [2.75, 3.05) is 0 Å². The first kappa shape index (κ1) is 20.8. The predicted molar refractivity (Wildman–Crippen MR) is 111 cm³/mol. The summed E-state index contributed by atoms with van der Waals surface area (Å²) >= 11 is 9.03. The number of furan rings is 1. The van der Waals surface area contributed by atoms with E-state index in [1.165, 1.54) is 48.5 Å². The van der Waals surface area contributed by atoms with Gasteiger partial charge in [0.1, 0.15) is 17.6 Å². The largest absolute Gasteiger partial charge is 0.457 e. The van der Waals surface area contributed by atoms with Crippen LogP contribution in [-0.4, -0.2) is 13.3 Å². The zero-order valence-electron chi connectivity index (χ0n) is 14.4. The lowest BCUT2D eigenvalue weighted by Crippen LogP contribution is -2.03. The van der Waals surface area contributed by atoms with E-state index < -0.39 is 19.7 Å². The van der Waals surface area contributed by atoms with Gasteiger partial charge < -0.3 is 4.42 Å². The Morgan fingerprint density at radius 3 is 2.45 bits per heavy atom. The molecule has 0 amide bonds. The maximum Gasteiger partial charge on any atom is 0.270 e. The molecule has 0 saturated carbocycles. The Labute approximate surface area is 179 Å². The molecule has 0 aliphatic heterocycles. The van der Waals surface area contributed by atoms with Crippen molar-refractivity contribution in [2.45, 2.75) is 4.90 Å². The number of sulfone groups is 1. The van der Waals surface area contributed by atoms with Gasteiger partial charge in [0, 0.05) is 33.3 Å². The topological polar surface area (TPSA) is 114 Å². The molecule has 3 aromatic rings. The third-order valence-electron chi connectivity index (χ3n) is 3.85. The summed E-state index contributed by atoms with van der Waals surface area (Å²) in [5.41, 5.74) is 0.447. The molecule has 1 heterocycles. The highest BCUT2D eigenvalue weighted by molar-refractivity contribution is 9.10. The molecule has 0 spiro atoms. The van der Waals surface area contributed by atoms with E-state index in [9.17, 15) is 23.8 Å². The number of rotatable bonds is 5. The van der Waals surface area contributed by atoms with Crippen LogP contribution in [0.25, 0.3) is 17.4 Å². The second-order valence-electron chi connectivity index (χ2n) is 5.70. The molecule has 0 saturated heterocycles. The SMILES string of the molecule is N#CC(=Cc1ccc(-c2ccc([N+](=O)[O-])cc2Br)o1)S(=O)(=O)c1ccc(Cl)cc1. The first-order chi connectivity index (χ1) is 13.7. The predicted octanol–water partition coefficient (Wildman–Crippen LogP) is 5.61. The summed E-state index contributed by atoms with van der Waals surface area (Å²) in [6.07, 6.45) is 1.12. The monoisotopic (exact) mass is 492 g/mol. The highest BCUT2D eigenvalue weighted by atomic mass is 79.9. The number of hydrogen-bond donors (Lipinski definition) is 0. The number of allylic oxidation sites excluding steroid dienone is 1. The van der Waals surface area contributed by atoms with E-state index in [1.807, 2.05) is 0 Å². The van der Waals surface area contributed by atoms with Gasteiger partial charge in [0.05, 0.1) is 9.82 Å². The maximum atomic E-state index is 12.7. The molecule has 146 valence electrons. The number of halogens is 2. The molecule has 1 aromatic heterocycles. The van der Waals surface area contributed by atoms with Gasteiger partial charge in [0.15, 0.2) is 4.91 Å². The van der Waals surface area contributed by atoms with Crippen LogP contribution in [0.15, 0.2) is 73.3 Å². The van der Waals surface area contributed by atoms with Crippen LogP contribution in [0.5, 0.6) is 0 Å². The fourth-order valence-electron chi connectivity index (χ4n) is 2.43. The minimum Gasteiger partial charge on any atom is -0.457 e. The molecule has 3 rings (SSSR count). The molecule has 0 fully saturated rings. The second-order valence-corrected chi connectivity index (χ2v) is 8.91. The van der Waals surface area contributed by atoms with Crippen LogP contribution < -0.4 is 0 Å². The molecule has 10 heteroatoms. The number of non-ortho nitro benzene ring substituents is 1. The van der Waals surface area contributed by atoms with Crippen molar-refractivity contribution >= 4 is 49.1 Å². The van der Waals surface area contributed by atoms with Crippen molar-refractivity contribution in [2.24, 2.45) is 0 Å². The van der Waals surface area contributed by atoms with Crippen LogP contribution in [0.3, 0.4) is 0 Å². The number of nitriles is 1. The first-order valence-corrected chi connectivity index (χ1v) is 10.5. The fourth-order valence-corrected chi connectivity index (χ4v) is 4.26. The Bertz CT molecular complexity index is 1270. The first-order valence-electron chi connectivity index (χ1n) is 7.89. The van der Waals surface area contributed by atoms with Crippen molar-refractivity contribution in [3.05, 3.63) is 84.9 Å². The molecule has 0 atom stereocenters. The zero-order chi connectivity index (χ0) is 21.2. The van der Waals surface area contributed by atoms with Gasteiger partial charge >= 0.3 is 0 Å². The van der Waals surface area contributed by atoms with Crippen LogP contribution in [0.2, 0.25) is 5.02 Å². The molecule has 0 bridgehead atoms. The molecule has 0 aliphatic carbocycles. The Hall–Kier alpha value is -2.93. The van der Waals surface area contributed by atoms with Crippen LogP contribution in [-0.2, 0) is 9.84 Å². The van der Waals surface area contributed by atoms with E-state index in [4.69, 9.17) is 16.0 Å². The molecule has 0 aliphatic rings. The summed E-state index contributed by atoms with van der Waals surface area (Å²) in [4.78, 5) is 9.76. The van der Waals surface area contributed by atoms with E-state index in [2.05, 4.69) is 15.9 Å². The van der Waals surface area contributed by atoms with Crippen molar-refractivity contribution in [1.29, 1.82) is 5.26 Å². The highest BCUT2D eigenvalue weighted by Crippen LogP contribution is 2.33. The second kappa shape index (κ2) is 8.21. The van der Waals surface area contributed by atoms with Crippen molar-refractivity contribution in [1.82, 2.24) is 0 Å². The number of benzene rings is 2. The lowest BCUT2D eigenvalue weighted by Gasteiger charge is -2.03. The third-order valence-corrected chi connectivity index (χ3v) is 6.44. The summed E-state index contributed by atoms with van der Waals surface area (Å²) < 4.78 is 31.4. The summed E-state index contributed by atoms with van der Waals surface area (Å²) in [5, 5.41) is 20.6. The van der Waals surface area contributed by atoms with Gasteiger partial charge in [-0.05, 0) is 58.4 Å². The van der Waals surface area contributed by atoms with Crippen LogP contribution in [0.1, 0.15) is 5.76 Å². The Kier molecular flexibility index (Phi) is 5.88. The number of nitrogens with zero attached hydrogens (tertiary/aromatic N) is 2. The Morgan fingerprint density at radius 1 is 1.17 bits per heavy atom. The maximum absolute atomic E-state index is 12.7. The molecule has 7 nitrogen and oxygen atoms in total. The lowest BCUT2D eigenvalue weighted by molar-refractivity contribution is -0.384. The third kappa shape index (κ3) is 4.40. The summed E-state index contributed by atoms with van der Waals surface area (Å²) in [7, 11) is -4.05. The van der Waals surface area contributed by atoms with Crippen LogP contribution >= 0.6 is 27.5 Å². The molecule has 0 N–H and O–H groups in total. The van der Waals surface area contributed by atoms with Crippen LogP contribution in [0, 0.1) is 21.4 Å². The van der Waals surface area contributed by atoms with E-state index in [0.717, 1.165) is 6.08 Å². The molecule has 2 aromatic carbocycles. The summed E-state index contributed by atoms with van der Waals surface area (Å²) in [5.74, 6) is 0.485. The minimum atomic E-state index is -4.05. The van der Waals surface area contributed by atoms with Gasteiger partial charge in [-0.1, -0.05) is 11.6 Å². The standard InChI is InChI=1S/C19H10BrClN2O5S/c20-18-9-13(23(24)25)3-7-17(18)19-8-4-14(28-19)10-16(11-22)29(26,27)15-5-1-12(21)2-6-15/h1-10H. The molecular formula is C19H10BrClN2O5S.